The number of nitrogen functional groups attached to an aromatic ring is 1. The molecule has 4 rings (SSSR count). The Bertz CT molecular complexity index is 1170. The minimum atomic E-state index is -1.20. The number of anilines is 1. The maximum atomic E-state index is 12.8. The summed E-state index contributed by atoms with van der Waals surface area (Å²) >= 11 is 1.38. The molecule has 1 unspecified atom stereocenters. The number of rotatable bonds is 7. The van der Waals surface area contributed by atoms with Crippen molar-refractivity contribution in [3.8, 4) is 22.5 Å². The van der Waals surface area contributed by atoms with E-state index in [9.17, 15) is 4.21 Å². The van der Waals surface area contributed by atoms with E-state index in [1.807, 2.05) is 36.0 Å². The summed E-state index contributed by atoms with van der Waals surface area (Å²) in [5.74, 6) is 0.499. The van der Waals surface area contributed by atoms with Gasteiger partial charge in [-0.05, 0) is 24.6 Å². The third kappa shape index (κ3) is 3.93. The van der Waals surface area contributed by atoms with Crippen LogP contribution in [-0.2, 0) is 22.6 Å². The summed E-state index contributed by atoms with van der Waals surface area (Å²) in [6, 6.07) is 5.81. The molecule has 0 radical (unpaired) electrons. The maximum Gasteiger partial charge on any atom is 0.127 e. The predicted molar refractivity (Wildman–Crippen MR) is 117 cm³/mol. The molecule has 0 spiro atoms. The van der Waals surface area contributed by atoms with Crippen LogP contribution in [0.25, 0.3) is 32.7 Å². The molecule has 4 aromatic heterocycles. The number of pyridine rings is 2. The monoisotopic (exact) mass is 427 g/mol. The number of nitrogens with zero attached hydrogens (tertiary/aromatic N) is 4. The van der Waals surface area contributed by atoms with E-state index in [-0.39, 0.29) is 0 Å². The lowest BCUT2D eigenvalue weighted by Crippen LogP contribution is -2.02. The first-order valence-corrected chi connectivity index (χ1v) is 11.2. The zero-order valence-electron chi connectivity index (χ0n) is 16.2. The van der Waals surface area contributed by atoms with Gasteiger partial charge in [-0.15, -0.1) is 11.3 Å². The van der Waals surface area contributed by atoms with Crippen LogP contribution in [0.2, 0.25) is 0 Å². The van der Waals surface area contributed by atoms with Gasteiger partial charge in [0.05, 0.1) is 34.2 Å². The van der Waals surface area contributed by atoms with Crippen molar-refractivity contribution >= 4 is 38.0 Å². The van der Waals surface area contributed by atoms with Crippen LogP contribution < -0.4 is 5.73 Å². The molecule has 29 heavy (non-hydrogen) atoms. The zero-order chi connectivity index (χ0) is 20.4. The Labute approximate surface area is 175 Å². The summed E-state index contributed by atoms with van der Waals surface area (Å²) in [5.41, 5.74) is 10.4. The standard InChI is InChI=1S/C20H21N5O2S2/c1-25-11-16(23-12-25)14-9-15(13-5-3-6-22-10-13)24-19-17(14)18(21)20(28-19)29(26)8-4-7-27-2/h3,5-6,9-12H,4,7-8,21H2,1-2H3. The smallest absolute Gasteiger partial charge is 0.127 e. The molecule has 0 aliphatic carbocycles. The number of aromatic nitrogens is 4. The highest BCUT2D eigenvalue weighted by Crippen LogP contribution is 2.42. The van der Waals surface area contributed by atoms with Gasteiger partial charge in [-0.1, -0.05) is 0 Å². The molecule has 9 heteroatoms. The highest BCUT2D eigenvalue weighted by molar-refractivity contribution is 7.87. The summed E-state index contributed by atoms with van der Waals surface area (Å²) in [6.07, 6.45) is 7.90. The summed E-state index contributed by atoms with van der Waals surface area (Å²) in [5, 5.41) is 0.802. The fraction of sp³-hybridized carbons (Fsp3) is 0.250. The van der Waals surface area contributed by atoms with Crippen molar-refractivity contribution in [1.82, 2.24) is 19.5 Å². The molecule has 0 aliphatic heterocycles. The lowest BCUT2D eigenvalue weighted by atomic mass is 10.1. The van der Waals surface area contributed by atoms with Crippen molar-refractivity contribution in [1.29, 1.82) is 0 Å². The van der Waals surface area contributed by atoms with Crippen LogP contribution in [0, 0.1) is 0 Å². The first-order valence-electron chi connectivity index (χ1n) is 9.07. The quantitative estimate of drug-likeness (QED) is 0.454. The van der Waals surface area contributed by atoms with E-state index in [0.717, 1.165) is 32.7 Å². The second-order valence-electron chi connectivity index (χ2n) is 6.60. The molecule has 4 heterocycles. The molecule has 1 atom stereocenters. The number of imidazole rings is 1. The van der Waals surface area contributed by atoms with Crippen molar-refractivity contribution in [3.63, 3.8) is 0 Å². The largest absolute Gasteiger partial charge is 0.396 e. The Balaban J connectivity index is 1.89. The second kappa shape index (κ2) is 8.40. The fourth-order valence-electron chi connectivity index (χ4n) is 3.11. The number of aryl methyl sites for hydroxylation is 1. The number of nitrogens with two attached hydrogens (primary N) is 1. The maximum absolute atomic E-state index is 12.8. The molecule has 7 nitrogen and oxygen atoms in total. The Morgan fingerprint density at radius 2 is 2.21 bits per heavy atom. The number of ether oxygens (including phenoxy) is 1. The van der Waals surface area contributed by atoms with Gasteiger partial charge in [0.15, 0.2) is 0 Å². The molecule has 4 aromatic rings. The topological polar surface area (TPSA) is 95.9 Å². The number of methoxy groups -OCH3 is 1. The molecular formula is C20H21N5O2S2. The molecule has 150 valence electrons. The Kier molecular flexibility index (Phi) is 5.70. The van der Waals surface area contributed by atoms with E-state index in [1.165, 1.54) is 11.3 Å². The molecular weight excluding hydrogens is 406 g/mol. The molecule has 0 bridgehead atoms. The van der Waals surface area contributed by atoms with E-state index in [4.69, 9.17) is 15.5 Å². The average Bonchev–Trinajstić information content (AvgIpc) is 3.31. The van der Waals surface area contributed by atoms with Gasteiger partial charge in [-0.3, -0.25) is 9.19 Å². The van der Waals surface area contributed by atoms with Gasteiger partial charge in [0.2, 0.25) is 0 Å². The van der Waals surface area contributed by atoms with Crippen LogP contribution >= 0.6 is 11.3 Å². The number of thiophene rings is 1. The third-order valence-electron chi connectivity index (χ3n) is 4.49. The van der Waals surface area contributed by atoms with Gasteiger partial charge in [0, 0.05) is 61.6 Å². The van der Waals surface area contributed by atoms with Crippen LogP contribution in [0.5, 0.6) is 0 Å². The van der Waals surface area contributed by atoms with Crippen LogP contribution in [-0.4, -0.2) is 43.2 Å². The minimum absolute atomic E-state index is 0.499. The van der Waals surface area contributed by atoms with Crippen molar-refractivity contribution < 1.29 is 8.95 Å². The molecule has 0 saturated heterocycles. The van der Waals surface area contributed by atoms with Gasteiger partial charge < -0.3 is 15.0 Å². The Morgan fingerprint density at radius 3 is 2.90 bits per heavy atom. The average molecular weight is 428 g/mol. The predicted octanol–water partition coefficient (Wildman–Crippen LogP) is 3.49. The van der Waals surface area contributed by atoms with Crippen molar-refractivity contribution in [3.05, 3.63) is 43.1 Å². The number of fused-ring (bicyclic) bond motifs is 1. The van der Waals surface area contributed by atoms with Crippen molar-refractivity contribution in [2.24, 2.45) is 7.05 Å². The second-order valence-corrected chi connectivity index (χ2v) is 9.37. The molecule has 0 aliphatic rings. The Morgan fingerprint density at radius 1 is 1.34 bits per heavy atom. The van der Waals surface area contributed by atoms with Crippen molar-refractivity contribution in [2.45, 2.75) is 10.6 Å². The summed E-state index contributed by atoms with van der Waals surface area (Å²) in [7, 11) is 2.36. The number of hydrogen-bond donors (Lipinski definition) is 1. The van der Waals surface area contributed by atoms with E-state index < -0.39 is 10.8 Å². The van der Waals surface area contributed by atoms with E-state index in [0.29, 0.717) is 28.7 Å². The third-order valence-corrected chi connectivity index (χ3v) is 7.48. The van der Waals surface area contributed by atoms with Gasteiger partial charge >= 0.3 is 0 Å². The van der Waals surface area contributed by atoms with E-state index >= 15 is 0 Å². The number of hydrogen-bond acceptors (Lipinski definition) is 7. The molecule has 2 N–H and O–H groups in total. The minimum Gasteiger partial charge on any atom is -0.396 e. The van der Waals surface area contributed by atoms with Gasteiger partial charge in [0.1, 0.15) is 9.04 Å². The highest BCUT2D eigenvalue weighted by Gasteiger charge is 2.21. The normalized spacial score (nSPS) is 12.5. The molecule has 0 aromatic carbocycles. The van der Waals surface area contributed by atoms with Crippen LogP contribution in [0.3, 0.4) is 0 Å². The SMILES string of the molecule is COCCCS(=O)c1sc2nc(-c3cccnc3)cc(-c3cn(C)cn3)c2c1N. The molecule has 0 amide bonds. The summed E-state index contributed by atoms with van der Waals surface area (Å²) in [4.78, 5) is 14.3. The summed E-state index contributed by atoms with van der Waals surface area (Å²) < 4.78 is 20.5. The Hall–Kier alpha value is -2.62. The first-order chi connectivity index (χ1) is 14.1. The van der Waals surface area contributed by atoms with Crippen LogP contribution in [0.1, 0.15) is 6.42 Å². The van der Waals surface area contributed by atoms with Crippen molar-refractivity contribution in [2.75, 3.05) is 25.2 Å². The van der Waals surface area contributed by atoms with Gasteiger partial charge in [-0.25, -0.2) is 9.97 Å². The molecule has 0 saturated carbocycles. The van der Waals surface area contributed by atoms with Gasteiger partial charge in [0.25, 0.3) is 0 Å². The molecule has 0 fully saturated rings. The zero-order valence-corrected chi connectivity index (χ0v) is 17.8. The van der Waals surface area contributed by atoms with Crippen LogP contribution in [0.15, 0.2) is 47.3 Å². The van der Waals surface area contributed by atoms with Crippen LogP contribution in [0.4, 0.5) is 5.69 Å². The lowest BCUT2D eigenvalue weighted by Gasteiger charge is -2.06. The summed E-state index contributed by atoms with van der Waals surface area (Å²) in [6.45, 7) is 0.569. The lowest BCUT2D eigenvalue weighted by molar-refractivity contribution is 0.200. The first kappa shape index (κ1) is 19.7. The fourth-order valence-corrected chi connectivity index (χ4v) is 5.74. The van der Waals surface area contributed by atoms with Gasteiger partial charge in [-0.2, -0.15) is 0 Å². The van der Waals surface area contributed by atoms with E-state index in [2.05, 4.69) is 9.97 Å². The van der Waals surface area contributed by atoms with E-state index in [1.54, 1.807) is 25.8 Å². The highest BCUT2D eigenvalue weighted by atomic mass is 32.2.